The van der Waals surface area contributed by atoms with Crippen LogP contribution in [0.1, 0.15) is 44.9 Å². The van der Waals surface area contributed by atoms with E-state index in [0.29, 0.717) is 6.54 Å². The van der Waals surface area contributed by atoms with E-state index in [9.17, 15) is 18.3 Å². The van der Waals surface area contributed by atoms with Crippen LogP contribution in [0.15, 0.2) is 0 Å². The third-order valence-electron chi connectivity index (χ3n) is 4.34. The number of halogens is 3. The van der Waals surface area contributed by atoms with Crippen LogP contribution in [-0.4, -0.2) is 30.0 Å². The summed E-state index contributed by atoms with van der Waals surface area (Å²) in [6.45, 7) is 0.289. The van der Waals surface area contributed by atoms with Crippen molar-refractivity contribution in [2.45, 2.75) is 56.7 Å². The van der Waals surface area contributed by atoms with Gasteiger partial charge in [-0.3, -0.25) is 0 Å². The quantitative estimate of drug-likeness (QED) is 0.805. The lowest BCUT2D eigenvalue weighted by Crippen LogP contribution is -2.50. The summed E-state index contributed by atoms with van der Waals surface area (Å²) in [7, 11) is 0. The van der Waals surface area contributed by atoms with Crippen LogP contribution in [0.2, 0.25) is 0 Å². The summed E-state index contributed by atoms with van der Waals surface area (Å²) in [5.41, 5.74) is -1.97. The molecule has 0 spiro atoms. The Balaban J connectivity index is 1.92. The molecule has 2 aliphatic carbocycles. The molecule has 17 heavy (non-hydrogen) atoms. The van der Waals surface area contributed by atoms with Gasteiger partial charge in [-0.1, -0.05) is 19.3 Å². The number of aliphatic hydroxyl groups excluding tert-OH is 1. The number of alkyl halides is 3. The molecular weight excluding hydrogens is 231 g/mol. The van der Waals surface area contributed by atoms with Crippen LogP contribution in [0, 0.1) is 5.41 Å². The molecule has 0 heterocycles. The standard InChI is InChI=1S/C12H20F3NO/c13-12(14,15)11(6-7-11)16-8-10(9-17)4-2-1-3-5-10/h16-17H,1-9H2. The Hall–Kier alpha value is -0.290. The molecule has 0 unspecified atom stereocenters. The van der Waals surface area contributed by atoms with Crippen LogP contribution >= 0.6 is 0 Å². The maximum Gasteiger partial charge on any atom is 0.406 e. The molecule has 5 heteroatoms. The highest BCUT2D eigenvalue weighted by atomic mass is 19.4. The molecule has 0 aliphatic heterocycles. The smallest absolute Gasteiger partial charge is 0.396 e. The van der Waals surface area contributed by atoms with E-state index in [0.717, 1.165) is 32.1 Å². The number of nitrogens with one attached hydrogen (secondary N) is 1. The van der Waals surface area contributed by atoms with Crippen molar-refractivity contribution in [3.63, 3.8) is 0 Å². The van der Waals surface area contributed by atoms with Crippen molar-refractivity contribution in [1.29, 1.82) is 0 Å². The maximum absolute atomic E-state index is 12.8. The summed E-state index contributed by atoms with van der Waals surface area (Å²) in [5.74, 6) is 0. The molecule has 2 rings (SSSR count). The van der Waals surface area contributed by atoms with Crippen molar-refractivity contribution < 1.29 is 18.3 Å². The molecule has 2 saturated carbocycles. The summed E-state index contributed by atoms with van der Waals surface area (Å²) in [6.07, 6.45) is 1.04. The molecule has 2 aliphatic rings. The number of hydrogen-bond donors (Lipinski definition) is 2. The number of hydrogen-bond acceptors (Lipinski definition) is 2. The third kappa shape index (κ3) is 2.60. The zero-order chi connectivity index (χ0) is 12.6. The van der Waals surface area contributed by atoms with E-state index in [4.69, 9.17) is 0 Å². The van der Waals surface area contributed by atoms with Gasteiger partial charge in [0.05, 0.1) is 0 Å². The normalized spacial score (nSPS) is 26.8. The Morgan fingerprint density at radius 3 is 2.00 bits per heavy atom. The monoisotopic (exact) mass is 251 g/mol. The first kappa shape index (κ1) is 13.1. The zero-order valence-electron chi connectivity index (χ0n) is 9.95. The average Bonchev–Trinajstić information content (AvgIpc) is 3.08. The topological polar surface area (TPSA) is 32.3 Å². The summed E-state index contributed by atoms with van der Waals surface area (Å²) in [4.78, 5) is 0. The second-order valence-electron chi connectivity index (χ2n) is 5.65. The molecule has 0 radical (unpaired) electrons. The summed E-state index contributed by atoms with van der Waals surface area (Å²) >= 11 is 0. The van der Waals surface area contributed by atoms with Gasteiger partial charge in [-0.2, -0.15) is 13.2 Å². The third-order valence-corrected chi connectivity index (χ3v) is 4.34. The van der Waals surface area contributed by atoms with Crippen LogP contribution < -0.4 is 5.32 Å². The molecule has 2 N–H and O–H groups in total. The van der Waals surface area contributed by atoms with Gasteiger partial charge in [0, 0.05) is 18.6 Å². The fraction of sp³-hybridized carbons (Fsp3) is 1.00. The minimum atomic E-state index is -4.15. The van der Waals surface area contributed by atoms with Crippen LogP contribution in [0.3, 0.4) is 0 Å². The highest BCUT2D eigenvalue weighted by Gasteiger charge is 2.63. The maximum atomic E-state index is 12.8. The first-order chi connectivity index (χ1) is 7.93. The van der Waals surface area contributed by atoms with Crippen LogP contribution in [0.4, 0.5) is 13.2 Å². The van der Waals surface area contributed by atoms with Gasteiger partial charge in [0.15, 0.2) is 0 Å². The molecule has 0 aromatic rings. The second-order valence-corrected chi connectivity index (χ2v) is 5.65. The SMILES string of the molecule is OCC1(CNC2(C(F)(F)F)CC2)CCCCC1. The van der Waals surface area contributed by atoms with Gasteiger partial charge in [0.1, 0.15) is 5.54 Å². The van der Waals surface area contributed by atoms with Crippen LogP contribution in [-0.2, 0) is 0 Å². The Bertz CT molecular complexity index is 267. The first-order valence-electron chi connectivity index (χ1n) is 6.36. The van der Waals surface area contributed by atoms with E-state index in [-0.39, 0.29) is 24.9 Å². The number of aliphatic hydroxyl groups is 1. The number of rotatable bonds is 4. The van der Waals surface area contributed by atoms with Gasteiger partial charge in [-0.25, -0.2) is 0 Å². The van der Waals surface area contributed by atoms with E-state index in [1.54, 1.807) is 0 Å². The van der Waals surface area contributed by atoms with E-state index < -0.39 is 11.7 Å². The molecule has 0 aromatic heterocycles. The van der Waals surface area contributed by atoms with Crippen LogP contribution in [0.5, 0.6) is 0 Å². The van der Waals surface area contributed by atoms with Gasteiger partial charge in [0.2, 0.25) is 0 Å². The Morgan fingerprint density at radius 1 is 1.00 bits per heavy atom. The van der Waals surface area contributed by atoms with Crippen LogP contribution in [0.25, 0.3) is 0 Å². The van der Waals surface area contributed by atoms with Gasteiger partial charge in [-0.15, -0.1) is 0 Å². The fourth-order valence-corrected chi connectivity index (χ4v) is 2.73. The zero-order valence-corrected chi connectivity index (χ0v) is 9.95. The van der Waals surface area contributed by atoms with E-state index in [1.807, 2.05) is 0 Å². The summed E-state index contributed by atoms with van der Waals surface area (Å²) < 4.78 is 38.3. The summed E-state index contributed by atoms with van der Waals surface area (Å²) in [5, 5.41) is 12.1. The molecule has 0 amide bonds. The molecule has 100 valence electrons. The minimum Gasteiger partial charge on any atom is -0.396 e. The second kappa shape index (κ2) is 4.43. The highest BCUT2D eigenvalue weighted by molar-refractivity contribution is 5.08. The Labute approximate surface area is 99.6 Å². The minimum absolute atomic E-state index is 0.00601. The molecule has 0 atom stereocenters. The average molecular weight is 251 g/mol. The van der Waals surface area contributed by atoms with E-state index >= 15 is 0 Å². The first-order valence-corrected chi connectivity index (χ1v) is 6.36. The Morgan fingerprint density at radius 2 is 1.59 bits per heavy atom. The highest BCUT2D eigenvalue weighted by Crippen LogP contribution is 2.49. The van der Waals surface area contributed by atoms with Gasteiger partial charge in [-0.05, 0) is 25.7 Å². The largest absolute Gasteiger partial charge is 0.406 e. The fourth-order valence-electron chi connectivity index (χ4n) is 2.73. The van der Waals surface area contributed by atoms with Crippen molar-refractivity contribution in [3.8, 4) is 0 Å². The lowest BCUT2D eigenvalue weighted by molar-refractivity contribution is -0.167. The van der Waals surface area contributed by atoms with Gasteiger partial charge in [0.25, 0.3) is 0 Å². The summed E-state index contributed by atoms with van der Waals surface area (Å²) in [6, 6.07) is 0. The van der Waals surface area contributed by atoms with Gasteiger partial charge >= 0.3 is 6.18 Å². The lowest BCUT2D eigenvalue weighted by atomic mass is 9.74. The van der Waals surface area contributed by atoms with Crippen molar-refractivity contribution in [2.75, 3.05) is 13.2 Å². The lowest BCUT2D eigenvalue weighted by Gasteiger charge is -2.37. The van der Waals surface area contributed by atoms with E-state index in [2.05, 4.69) is 5.32 Å². The molecule has 2 fully saturated rings. The van der Waals surface area contributed by atoms with Crippen molar-refractivity contribution in [2.24, 2.45) is 5.41 Å². The van der Waals surface area contributed by atoms with Gasteiger partial charge < -0.3 is 10.4 Å². The molecule has 0 aromatic carbocycles. The predicted octanol–water partition coefficient (Wildman–Crippen LogP) is 2.61. The Kier molecular flexibility index (Phi) is 3.42. The van der Waals surface area contributed by atoms with Crippen molar-refractivity contribution in [1.82, 2.24) is 5.32 Å². The molecule has 0 saturated heterocycles. The predicted molar refractivity (Wildman–Crippen MR) is 58.6 cm³/mol. The van der Waals surface area contributed by atoms with Crippen molar-refractivity contribution in [3.05, 3.63) is 0 Å². The molecule has 2 nitrogen and oxygen atoms in total. The molecule has 0 bridgehead atoms. The van der Waals surface area contributed by atoms with E-state index in [1.165, 1.54) is 0 Å². The van der Waals surface area contributed by atoms with Crippen molar-refractivity contribution >= 4 is 0 Å². The molecular formula is C12H20F3NO.